The molecular weight excluding hydrogens is 562 g/mol. The number of amides is 1. The van der Waals surface area contributed by atoms with Crippen molar-refractivity contribution in [2.24, 2.45) is 0 Å². The Morgan fingerprint density at radius 1 is 0.867 bits per heavy atom. The second kappa shape index (κ2) is 13.3. The number of ether oxygens (including phenoxy) is 1. The molecule has 5 aromatic rings. The number of rotatable bonds is 8. The molecule has 0 atom stereocenters. The number of piperazine rings is 1. The van der Waals surface area contributed by atoms with E-state index in [0.29, 0.717) is 19.5 Å². The third-order valence-electron chi connectivity index (χ3n) is 7.75. The van der Waals surface area contributed by atoms with E-state index in [1.807, 2.05) is 62.1 Å². The number of aromatic nitrogens is 5. The molecule has 230 valence electrons. The topological polar surface area (TPSA) is 89.3 Å². The van der Waals surface area contributed by atoms with Crippen molar-refractivity contribution < 1.29 is 9.53 Å². The van der Waals surface area contributed by atoms with Crippen LogP contribution in [-0.4, -0.2) is 67.5 Å². The average molecular weight is 602 g/mol. The molecule has 3 aromatic heterocycles. The zero-order valence-electron chi connectivity index (χ0n) is 26.1. The van der Waals surface area contributed by atoms with Gasteiger partial charge in [0.2, 0.25) is 0 Å². The predicted molar refractivity (Wildman–Crippen MR) is 176 cm³/mol. The lowest BCUT2D eigenvalue weighted by Crippen LogP contribution is -2.50. The highest BCUT2D eigenvalue weighted by molar-refractivity contribution is 5.78. The van der Waals surface area contributed by atoms with Crippen molar-refractivity contribution in [1.82, 2.24) is 29.6 Å². The number of aryl methyl sites for hydroxylation is 2. The van der Waals surface area contributed by atoms with Gasteiger partial charge in [-0.1, -0.05) is 42.5 Å². The summed E-state index contributed by atoms with van der Waals surface area (Å²) in [4.78, 5) is 30.4. The van der Waals surface area contributed by atoms with Crippen LogP contribution in [0.25, 0.3) is 22.5 Å². The second-order valence-electron chi connectivity index (χ2n) is 12.3. The number of anilines is 1. The van der Waals surface area contributed by atoms with Crippen LogP contribution in [0.1, 0.15) is 37.7 Å². The quantitative estimate of drug-likeness (QED) is 0.206. The fourth-order valence-electron chi connectivity index (χ4n) is 5.44. The maximum absolute atomic E-state index is 12.4. The molecule has 0 spiro atoms. The minimum absolute atomic E-state index is 0.244. The molecule has 9 nitrogen and oxygen atoms in total. The van der Waals surface area contributed by atoms with E-state index in [4.69, 9.17) is 14.8 Å². The number of nitrogens with zero attached hydrogens (tertiary/aromatic N) is 7. The summed E-state index contributed by atoms with van der Waals surface area (Å²) in [6.45, 7) is 9.26. The zero-order chi connectivity index (χ0) is 31.2. The van der Waals surface area contributed by atoms with E-state index in [-0.39, 0.29) is 6.09 Å². The number of benzene rings is 2. The molecule has 1 fully saturated rings. The van der Waals surface area contributed by atoms with Gasteiger partial charge < -0.3 is 14.5 Å². The first kappa shape index (κ1) is 30.0. The third-order valence-corrected chi connectivity index (χ3v) is 7.75. The van der Waals surface area contributed by atoms with Crippen LogP contribution in [0.15, 0.2) is 97.6 Å². The Kier molecular flexibility index (Phi) is 8.86. The molecule has 0 bridgehead atoms. The summed E-state index contributed by atoms with van der Waals surface area (Å²) in [5.74, 6) is 0.750. The van der Waals surface area contributed by atoms with Gasteiger partial charge in [0.05, 0.1) is 5.69 Å². The van der Waals surface area contributed by atoms with E-state index < -0.39 is 5.60 Å². The maximum atomic E-state index is 12.4. The molecule has 9 heteroatoms. The van der Waals surface area contributed by atoms with Crippen LogP contribution in [0.2, 0.25) is 0 Å². The molecule has 0 aliphatic carbocycles. The molecule has 0 radical (unpaired) electrons. The summed E-state index contributed by atoms with van der Waals surface area (Å²) in [7, 11) is 0. The van der Waals surface area contributed by atoms with Crippen molar-refractivity contribution in [3.05, 3.63) is 115 Å². The van der Waals surface area contributed by atoms with Crippen molar-refractivity contribution in [3.8, 4) is 22.5 Å². The normalized spacial score (nSPS) is 13.6. The summed E-state index contributed by atoms with van der Waals surface area (Å²) >= 11 is 0. The minimum Gasteiger partial charge on any atom is -0.444 e. The fourth-order valence-corrected chi connectivity index (χ4v) is 5.44. The van der Waals surface area contributed by atoms with E-state index >= 15 is 0 Å². The van der Waals surface area contributed by atoms with Crippen molar-refractivity contribution >= 4 is 11.8 Å². The zero-order valence-corrected chi connectivity index (χ0v) is 26.1. The molecule has 6 rings (SSSR count). The van der Waals surface area contributed by atoms with Crippen molar-refractivity contribution in [3.63, 3.8) is 0 Å². The van der Waals surface area contributed by atoms with Gasteiger partial charge in [-0.2, -0.15) is 5.10 Å². The molecule has 0 saturated carbocycles. The van der Waals surface area contributed by atoms with Gasteiger partial charge in [0.1, 0.15) is 17.1 Å². The van der Waals surface area contributed by atoms with Gasteiger partial charge in [-0.05, 0) is 68.7 Å². The lowest BCUT2D eigenvalue weighted by Gasteiger charge is -2.36. The molecule has 1 aliphatic rings. The molecular formula is C36H39N7O2. The largest absolute Gasteiger partial charge is 0.444 e. The highest BCUT2D eigenvalue weighted by Gasteiger charge is 2.26. The maximum Gasteiger partial charge on any atom is 0.410 e. The third kappa shape index (κ3) is 7.73. The molecule has 1 amide bonds. The summed E-state index contributed by atoms with van der Waals surface area (Å²) < 4.78 is 7.53. The summed E-state index contributed by atoms with van der Waals surface area (Å²) in [6.07, 6.45) is 8.78. The SMILES string of the molecule is CC(C)(C)OC(=O)N1CCN(c2ccc(Cc3nccc(-c4cn(CCc5ccccc5)nc4-c4cccnc4)n3)cc2)CC1. The minimum atomic E-state index is -0.487. The van der Waals surface area contributed by atoms with Crippen LogP contribution in [0.5, 0.6) is 0 Å². The van der Waals surface area contributed by atoms with Gasteiger partial charge in [-0.25, -0.2) is 14.8 Å². The van der Waals surface area contributed by atoms with Gasteiger partial charge in [0, 0.05) is 80.7 Å². The van der Waals surface area contributed by atoms with Crippen LogP contribution >= 0.6 is 0 Å². The Balaban J connectivity index is 1.14. The van der Waals surface area contributed by atoms with Crippen molar-refractivity contribution in [2.45, 2.75) is 45.8 Å². The Morgan fingerprint density at radius 2 is 1.64 bits per heavy atom. The van der Waals surface area contributed by atoms with Crippen molar-refractivity contribution in [2.75, 3.05) is 31.1 Å². The fraction of sp³-hybridized carbons (Fsp3) is 0.306. The molecule has 4 heterocycles. The Bertz CT molecular complexity index is 1710. The first-order valence-corrected chi connectivity index (χ1v) is 15.5. The lowest BCUT2D eigenvalue weighted by atomic mass is 10.1. The summed E-state index contributed by atoms with van der Waals surface area (Å²) in [5, 5.41) is 4.95. The molecule has 2 aromatic carbocycles. The Morgan fingerprint density at radius 3 is 2.36 bits per heavy atom. The van der Waals surface area contributed by atoms with Gasteiger partial charge in [-0.3, -0.25) is 9.67 Å². The van der Waals surface area contributed by atoms with Crippen LogP contribution in [-0.2, 0) is 24.1 Å². The highest BCUT2D eigenvalue weighted by Crippen LogP contribution is 2.30. The standard InChI is InChI=1S/C36H39N7O2/c1-36(2,3)45-35(44)42-22-20-41(21-23-42)30-13-11-28(12-14-30)24-33-38-18-15-32(39-33)31-26-43(19-16-27-8-5-4-6-9-27)40-34(31)29-10-7-17-37-25-29/h4-15,17-18,25-26H,16,19-24H2,1-3H3. The lowest BCUT2D eigenvalue weighted by molar-refractivity contribution is 0.0240. The number of carbonyl (C=O) groups is 1. The molecule has 1 saturated heterocycles. The summed E-state index contributed by atoms with van der Waals surface area (Å²) in [6, 6.07) is 24.9. The Labute approximate surface area is 264 Å². The highest BCUT2D eigenvalue weighted by atomic mass is 16.6. The van der Waals surface area contributed by atoms with E-state index in [0.717, 1.165) is 65.6 Å². The Hall–Kier alpha value is -5.05. The van der Waals surface area contributed by atoms with Gasteiger partial charge in [0.15, 0.2) is 0 Å². The van der Waals surface area contributed by atoms with E-state index in [1.54, 1.807) is 11.1 Å². The van der Waals surface area contributed by atoms with E-state index in [1.165, 1.54) is 5.56 Å². The van der Waals surface area contributed by atoms with Crippen molar-refractivity contribution in [1.29, 1.82) is 0 Å². The van der Waals surface area contributed by atoms with Gasteiger partial charge in [-0.15, -0.1) is 0 Å². The number of hydrogen-bond donors (Lipinski definition) is 0. The first-order chi connectivity index (χ1) is 21.8. The van der Waals surface area contributed by atoms with E-state index in [2.05, 4.69) is 69.6 Å². The molecule has 0 unspecified atom stereocenters. The van der Waals surface area contributed by atoms with Crippen LogP contribution in [0.3, 0.4) is 0 Å². The number of carbonyl (C=O) groups excluding carboxylic acids is 1. The number of hydrogen-bond acceptors (Lipinski definition) is 7. The number of pyridine rings is 1. The van der Waals surface area contributed by atoms with Crippen LogP contribution < -0.4 is 4.90 Å². The van der Waals surface area contributed by atoms with Crippen LogP contribution in [0, 0.1) is 0 Å². The van der Waals surface area contributed by atoms with Crippen LogP contribution in [0.4, 0.5) is 10.5 Å². The van der Waals surface area contributed by atoms with Gasteiger partial charge in [0.25, 0.3) is 0 Å². The second-order valence-corrected chi connectivity index (χ2v) is 12.3. The molecule has 0 N–H and O–H groups in total. The predicted octanol–water partition coefficient (Wildman–Crippen LogP) is 6.29. The molecule has 45 heavy (non-hydrogen) atoms. The smallest absolute Gasteiger partial charge is 0.410 e. The van der Waals surface area contributed by atoms with Gasteiger partial charge >= 0.3 is 6.09 Å². The first-order valence-electron chi connectivity index (χ1n) is 15.5. The average Bonchev–Trinajstić information content (AvgIpc) is 3.49. The van der Waals surface area contributed by atoms with E-state index in [9.17, 15) is 4.79 Å². The summed E-state index contributed by atoms with van der Waals surface area (Å²) in [5.41, 5.74) is 6.67. The molecule has 1 aliphatic heterocycles. The monoisotopic (exact) mass is 601 g/mol.